The number of hydrogen-bond donors (Lipinski definition) is 3. The van der Waals surface area contributed by atoms with Gasteiger partial charge in [0.1, 0.15) is 6.04 Å². The number of aryl methyl sites for hydroxylation is 1. The number of carbonyl (C=O) groups excluding carboxylic acids is 1. The van der Waals surface area contributed by atoms with E-state index in [9.17, 15) is 9.59 Å². The Hall–Kier alpha value is -2.14. The molecule has 0 aliphatic heterocycles. The van der Waals surface area contributed by atoms with Gasteiger partial charge < -0.3 is 15.5 Å². The van der Waals surface area contributed by atoms with Crippen LogP contribution in [-0.4, -0.2) is 34.7 Å². The van der Waals surface area contributed by atoms with E-state index in [0.717, 1.165) is 11.1 Å². The highest BCUT2D eigenvalue weighted by Crippen LogP contribution is 2.05. The van der Waals surface area contributed by atoms with E-state index in [1.807, 2.05) is 31.2 Å². The van der Waals surface area contributed by atoms with Gasteiger partial charge in [-0.25, -0.2) is 4.79 Å². The Balaban J connectivity index is 2.61. The number of benzene rings is 1. The van der Waals surface area contributed by atoms with Crippen LogP contribution >= 0.6 is 0 Å². The summed E-state index contributed by atoms with van der Waals surface area (Å²) in [5, 5.41) is 19.8. The van der Waals surface area contributed by atoms with Crippen molar-refractivity contribution in [2.75, 3.05) is 6.61 Å². The van der Waals surface area contributed by atoms with Crippen molar-refractivity contribution < 1.29 is 19.8 Å². The van der Waals surface area contributed by atoms with E-state index >= 15 is 0 Å². The Kier molecular flexibility index (Phi) is 5.75. The van der Waals surface area contributed by atoms with Gasteiger partial charge in [-0.15, -0.1) is 0 Å². The van der Waals surface area contributed by atoms with E-state index in [1.54, 1.807) is 6.08 Å². The van der Waals surface area contributed by atoms with Gasteiger partial charge >= 0.3 is 5.97 Å². The number of carboxylic acids is 1. The average Bonchev–Trinajstić information content (AvgIpc) is 2.36. The molecule has 1 atom stereocenters. The minimum absolute atomic E-state index is 0.0145. The lowest BCUT2D eigenvalue weighted by atomic mass is 10.1. The fraction of sp³-hybridized carbons (Fsp3) is 0.286. The zero-order valence-corrected chi connectivity index (χ0v) is 10.7. The van der Waals surface area contributed by atoms with Crippen LogP contribution in [-0.2, 0) is 9.59 Å². The lowest BCUT2D eigenvalue weighted by molar-refractivity contribution is -0.141. The molecule has 0 fully saturated rings. The van der Waals surface area contributed by atoms with Crippen molar-refractivity contribution in [3.05, 3.63) is 41.5 Å². The number of carboxylic acid groups (broad SMARTS) is 1. The van der Waals surface area contributed by atoms with E-state index in [-0.39, 0.29) is 13.0 Å². The maximum absolute atomic E-state index is 11.5. The largest absolute Gasteiger partial charge is 0.480 e. The summed E-state index contributed by atoms with van der Waals surface area (Å²) in [7, 11) is 0. The first kappa shape index (κ1) is 14.9. The molecule has 0 saturated heterocycles. The van der Waals surface area contributed by atoms with E-state index in [0.29, 0.717) is 0 Å². The molecule has 0 radical (unpaired) electrons. The van der Waals surface area contributed by atoms with Crippen LogP contribution in [0.25, 0.3) is 6.08 Å². The predicted molar refractivity (Wildman–Crippen MR) is 71.5 cm³/mol. The van der Waals surface area contributed by atoms with Crippen LogP contribution in [0.1, 0.15) is 17.5 Å². The van der Waals surface area contributed by atoms with Gasteiger partial charge in [0.15, 0.2) is 0 Å². The molecule has 0 aliphatic carbocycles. The second-order valence-corrected chi connectivity index (χ2v) is 4.16. The summed E-state index contributed by atoms with van der Waals surface area (Å²) >= 11 is 0. The summed E-state index contributed by atoms with van der Waals surface area (Å²) in [5.41, 5.74) is 1.94. The van der Waals surface area contributed by atoms with E-state index in [4.69, 9.17) is 10.2 Å². The highest BCUT2D eigenvalue weighted by Gasteiger charge is 2.17. The smallest absolute Gasteiger partial charge is 0.326 e. The molecule has 19 heavy (non-hydrogen) atoms. The van der Waals surface area contributed by atoms with Crippen molar-refractivity contribution in [3.8, 4) is 0 Å². The molecule has 102 valence electrons. The third-order valence-electron chi connectivity index (χ3n) is 2.50. The number of rotatable bonds is 6. The first-order chi connectivity index (χ1) is 9.02. The number of amides is 1. The molecule has 0 aromatic heterocycles. The van der Waals surface area contributed by atoms with Crippen molar-refractivity contribution in [3.63, 3.8) is 0 Å². The molecule has 1 amide bonds. The zero-order valence-electron chi connectivity index (χ0n) is 10.7. The minimum Gasteiger partial charge on any atom is -0.480 e. The Morgan fingerprint density at radius 2 is 2.16 bits per heavy atom. The summed E-state index contributed by atoms with van der Waals surface area (Å²) in [5.74, 6) is -1.66. The molecule has 0 aliphatic rings. The van der Waals surface area contributed by atoms with Crippen LogP contribution in [0, 0.1) is 6.92 Å². The Labute approximate surface area is 111 Å². The van der Waals surface area contributed by atoms with Crippen LogP contribution in [0.15, 0.2) is 30.3 Å². The molecular weight excluding hydrogens is 246 g/mol. The van der Waals surface area contributed by atoms with E-state index in [1.165, 1.54) is 6.08 Å². The van der Waals surface area contributed by atoms with Gasteiger partial charge in [0.25, 0.3) is 0 Å². The quantitative estimate of drug-likeness (QED) is 0.667. The van der Waals surface area contributed by atoms with Crippen molar-refractivity contribution >= 4 is 18.0 Å². The number of aliphatic hydroxyl groups excluding tert-OH is 1. The Bertz CT molecular complexity index is 482. The lowest BCUT2D eigenvalue weighted by Crippen LogP contribution is -2.40. The van der Waals surface area contributed by atoms with Gasteiger partial charge in [-0.05, 0) is 18.6 Å². The minimum atomic E-state index is -1.16. The maximum atomic E-state index is 11.5. The first-order valence-electron chi connectivity index (χ1n) is 5.92. The van der Waals surface area contributed by atoms with Crippen molar-refractivity contribution in [1.29, 1.82) is 0 Å². The molecule has 1 rings (SSSR count). The molecule has 1 unspecified atom stereocenters. The van der Waals surface area contributed by atoms with Gasteiger partial charge in [-0.3, -0.25) is 4.79 Å². The molecule has 5 heteroatoms. The topological polar surface area (TPSA) is 86.6 Å². The lowest BCUT2D eigenvalue weighted by Gasteiger charge is -2.11. The molecule has 0 bridgehead atoms. The molecule has 1 aromatic rings. The average molecular weight is 263 g/mol. The standard InChI is InChI=1S/C14H17NO4/c1-10-3-2-4-11(9-10)5-6-13(17)15-12(7-8-16)14(18)19/h2-6,9,12,16H,7-8H2,1H3,(H,15,17)(H,18,19). The fourth-order valence-electron chi connectivity index (χ4n) is 1.55. The Morgan fingerprint density at radius 3 is 2.74 bits per heavy atom. The molecule has 1 aromatic carbocycles. The number of carbonyl (C=O) groups is 2. The van der Waals surface area contributed by atoms with Crippen LogP contribution < -0.4 is 5.32 Å². The second kappa shape index (κ2) is 7.33. The number of nitrogens with one attached hydrogen (secondary N) is 1. The van der Waals surface area contributed by atoms with E-state index < -0.39 is 17.9 Å². The van der Waals surface area contributed by atoms with Gasteiger partial charge in [0, 0.05) is 19.1 Å². The monoisotopic (exact) mass is 263 g/mol. The SMILES string of the molecule is Cc1cccc(C=CC(=O)NC(CCO)C(=O)O)c1. The summed E-state index contributed by atoms with van der Waals surface area (Å²) in [6.07, 6.45) is 2.88. The molecule has 3 N–H and O–H groups in total. The number of aliphatic carboxylic acids is 1. The van der Waals surface area contributed by atoms with Gasteiger partial charge in [-0.1, -0.05) is 29.8 Å². The molecule has 0 heterocycles. The summed E-state index contributed by atoms with van der Waals surface area (Å²) in [4.78, 5) is 22.3. The second-order valence-electron chi connectivity index (χ2n) is 4.16. The molecule has 5 nitrogen and oxygen atoms in total. The van der Waals surface area contributed by atoms with Gasteiger partial charge in [-0.2, -0.15) is 0 Å². The van der Waals surface area contributed by atoms with E-state index in [2.05, 4.69) is 5.32 Å². The highest BCUT2D eigenvalue weighted by atomic mass is 16.4. The highest BCUT2D eigenvalue weighted by molar-refractivity contribution is 5.94. The summed E-state index contributed by atoms with van der Waals surface area (Å²) < 4.78 is 0. The van der Waals surface area contributed by atoms with Crippen molar-refractivity contribution in [2.24, 2.45) is 0 Å². The van der Waals surface area contributed by atoms with Gasteiger partial charge in [0.05, 0.1) is 0 Å². The predicted octanol–water partition coefficient (Wildman–Crippen LogP) is 0.960. The van der Waals surface area contributed by atoms with Crippen molar-refractivity contribution in [2.45, 2.75) is 19.4 Å². The number of aliphatic hydroxyl groups is 1. The molecule has 0 saturated carbocycles. The zero-order chi connectivity index (χ0) is 14.3. The summed E-state index contributed by atoms with van der Waals surface area (Å²) in [6.45, 7) is 1.65. The van der Waals surface area contributed by atoms with Gasteiger partial charge in [0.2, 0.25) is 5.91 Å². The van der Waals surface area contributed by atoms with Crippen LogP contribution in [0.4, 0.5) is 0 Å². The third kappa shape index (κ3) is 5.35. The van der Waals surface area contributed by atoms with Crippen LogP contribution in [0.3, 0.4) is 0 Å². The number of hydrogen-bond acceptors (Lipinski definition) is 3. The van der Waals surface area contributed by atoms with Crippen LogP contribution in [0.2, 0.25) is 0 Å². The first-order valence-corrected chi connectivity index (χ1v) is 5.92. The molecular formula is C14H17NO4. The van der Waals surface area contributed by atoms with Crippen LogP contribution in [0.5, 0.6) is 0 Å². The van der Waals surface area contributed by atoms with Crippen molar-refractivity contribution in [1.82, 2.24) is 5.32 Å². The summed E-state index contributed by atoms with van der Waals surface area (Å²) in [6, 6.07) is 6.50. The molecule has 0 spiro atoms. The Morgan fingerprint density at radius 1 is 1.42 bits per heavy atom. The fourth-order valence-corrected chi connectivity index (χ4v) is 1.55. The normalized spacial score (nSPS) is 12.3. The third-order valence-corrected chi connectivity index (χ3v) is 2.50. The maximum Gasteiger partial charge on any atom is 0.326 e.